The second-order valence-corrected chi connectivity index (χ2v) is 7.89. The van der Waals surface area contributed by atoms with E-state index in [1.54, 1.807) is 0 Å². The highest BCUT2D eigenvalue weighted by Gasteiger charge is 2.31. The Morgan fingerprint density at radius 1 is 1.32 bits per heavy atom. The van der Waals surface area contributed by atoms with Gasteiger partial charge in [0, 0.05) is 37.1 Å². The minimum absolute atomic E-state index is 0.180. The van der Waals surface area contributed by atoms with Crippen LogP contribution >= 0.6 is 15.9 Å². The molecule has 1 unspecified atom stereocenters. The van der Waals surface area contributed by atoms with Crippen LogP contribution in [0.5, 0.6) is 0 Å². The topological polar surface area (TPSA) is 64.4 Å². The van der Waals surface area contributed by atoms with E-state index in [0.29, 0.717) is 6.54 Å². The first-order valence-electron chi connectivity index (χ1n) is 7.20. The Kier molecular flexibility index (Phi) is 7.49. The van der Waals surface area contributed by atoms with Crippen LogP contribution in [-0.2, 0) is 10.2 Å². The molecule has 122 valence electrons. The normalized spacial score (nSPS) is 13.3. The number of nitriles is 1. The monoisotopic (exact) mass is 387 g/mol. The van der Waals surface area contributed by atoms with Gasteiger partial charge in [-0.3, -0.25) is 0 Å². The van der Waals surface area contributed by atoms with E-state index in [2.05, 4.69) is 15.9 Å². The first-order chi connectivity index (χ1) is 10.4. The second kappa shape index (κ2) is 8.63. The highest BCUT2D eigenvalue weighted by molar-refractivity contribution is 9.10. The van der Waals surface area contributed by atoms with Gasteiger partial charge in [0.2, 0.25) is 0 Å². The van der Waals surface area contributed by atoms with Gasteiger partial charge in [0.1, 0.15) is 0 Å². The summed E-state index contributed by atoms with van der Waals surface area (Å²) in [6.07, 6.45) is 0.902. The van der Waals surface area contributed by atoms with Crippen LogP contribution in [0.3, 0.4) is 0 Å². The van der Waals surface area contributed by atoms with Gasteiger partial charge in [0.25, 0.3) is 10.2 Å². The maximum atomic E-state index is 12.8. The molecule has 1 atom stereocenters. The van der Waals surface area contributed by atoms with E-state index in [-0.39, 0.29) is 19.0 Å². The maximum Gasteiger partial charge on any atom is 0.282 e. The molecule has 0 aromatic heterocycles. The summed E-state index contributed by atoms with van der Waals surface area (Å²) in [5, 5.41) is 8.66. The summed E-state index contributed by atoms with van der Waals surface area (Å²) in [6, 6.07) is 9.31. The fraction of sp³-hybridized carbons (Fsp3) is 0.533. The lowest BCUT2D eigenvalue weighted by atomic mass is 10.1. The second-order valence-electron chi connectivity index (χ2n) is 5.05. The third-order valence-corrected chi connectivity index (χ3v) is 6.24. The Labute approximate surface area is 141 Å². The van der Waals surface area contributed by atoms with Crippen molar-refractivity contribution in [3.8, 4) is 6.07 Å². The molecule has 5 nitrogen and oxygen atoms in total. The average Bonchev–Trinajstić information content (AvgIpc) is 2.49. The zero-order chi connectivity index (χ0) is 16.8. The van der Waals surface area contributed by atoms with Crippen LogP contribution in [-0.4, -0.2) is 37.2 Å². The largest absolute Gasteiger partial charge is 0.282 e. The van der Waals surface area contributed by atoms with Crippen molar-refractivity contribution in [1.29, 1.82) is 5.26 Å². The van der Waals surface area contributed by atoms with Gasteiger partial charge in [-0.05, 0) is 25.0 Å². The molecule has 0 spiro atoms. The Bertz CT molecular complexity index is 628. The number of benzene rings is 1. The Morgan fingerprint density at radius 3 is 2.50 bits per heavy atom. The van der Waals surface area contributed by atoms with E-state index in [0.717, 1.165) is 16.5 Å². The summed E-state index contributed by atoms with van der Waals surface area (Å²) in [4.78, 5) is 0. The first-order valence-corrected chi connectivity index (χ1v) is 9.39. The summed E-state index contributed by atoms with van der Waals surface area (Å²) < 4.78 is 29.2. The van der Waals surface area contributed by atoms with Crippen molar-refractivity contribution in [2.75, 3.05) is 20.1 Å². The lowest BCUT2D eigenvalue weighted by Crippen LogP contribution is -2.43. The van der Waals surface area contributed by atoms with Gasteiger partial charge in [0.15, 0.2) is 0 Å². The highest BCUT2D eigenvalue weighted by Crippen LogP contribution is 2.30. The van der Waals surface area contributed by atoms with Gasteiger partial charge in [-0.2, -0.15) is 22.3 Å². The third kappa shape index (κ3) is 4.53. The number of rotatable bonds is 8. The van der Waals surface area contributed by atoms with Crippen molar-refractivity contribution in [3.63, 3.8) is 0 Å². The van der Waals surface area contributed by atoms with E-state index in [1.807, 2.05) is 44.2 Å². The van der Waals surface area contributed by atoms with Crippen molar-refractivity contribution in [3.05, 3.63) is 34.3 Å². The molecule has 0 heterocycles. The molecule has 7 heteroatoms. The van der Waals surface area contributed by atoms with E-state index in [9.17, 15) is 8.42 Å². The van der Waals surface area contributed by atoms with E-state index in [1.165, 1.54) is 15.7 Å². The zero-order valence-electron chi connectivity index (χ0n) is 13.2. The molecule has 22 heavy (non-hydrogen) atoms. The van der Waals surface area contributed by atoms with Crippen LogP contribution in [0.2, 0.25) is 0 Å². The van der Waals surface area contributed by atoms with Gasteiger partial charge < -0.3 is 0 Å². The third-order valence-electron chi connectivity index (χ3n) is 3.46. The maximum absolute atomic E-state index is 12.8. The Morgan fingerprint density at radius 2 is 1.95 bits per heavy atom. The molecular formula is C15H22BrN3O2S. The van der Waals surface area contributed by atoms with Crippen molar-refractivity contribution in [2.45, 2.75) is 32.7 Å². The van der Waals surface area contributed by atoms with Crippen LogP contribution in [0.4, 0.5) is 0 Å². The molecular weight excluding hydrogens is 366 g/mol. The molecule has 1 aromatic carbocycles. The smallest absolute Gasteiger partial charge is 0.198 e. The summed E-state index contributed by atoms with van der Waals surface area (Å²) in [7, 11) is -2.09. The fourth-order valence-corrected chi connectivity index (χ4v) is 4.42. The van der Waals surface area contributed by atoms with Gasteiger partial charge >= 0.3 is 0 Å². The molecule has 0 N–H and O–H groups in total. The lowest BCUT2D eigenvalue weighted by Gasteiger charge is -2.32. The van der Waals surface area contributed by atoms with Crippen LogP contribution < -0.4 is 0 Å². The number of nitrogens with zero attached hydrogens (tertiary/aromatic N) is 3. The van der Waals surface area contributed by atoms with Gasteiger partial charge in [0.05, 0.1) is 6.07 Å². The average molecular weight is 388 g/mol. The SMILES string of the molecule is CCCN(C(C)c1ccccc1Br)S(=O)(=O)N(C)CCC#N. The highest BCUT2D eigenvalue weighted by atomic mass is 79.9. The summed E-state index contributed by atoms with van der Waals surface area (Å²) in [6.45, 7) is 4.46. The van der Waals surface area contributed by atoms with Gasteiger partial charge in [-0.25, -0.2) is 0 Å². The molecule has 0 amide bonds. The van der Waals surface area contributed by atoms with Gasteiger partial charge in [-0.1, -0.05) is 41.1 Å². The number of hydrogen-bond acceptors (Lipinski definition) is 3. The first kappa shape index (κ1) is 19.1. The molecule has 1 aromatic rings. The van der Waals surface area contributed by atoms with Crippen LogP contribution in [0, 0.1) is 11.3 Å². The van der Waals surface area contributed by atoms with Crippen molar-refractivity contribution in [2.24, 2.45) is 0 Å². The lowest BCUT2D eigenvalue weighted by molar-refractivity contribution is 0.309. The Balaban J connectivity index is 3.12. The van der Waals surface area contributed by atoms with E-state index < -0.39 is 10.2 Å². The predicted octanol–water partition coefficient (Wildman–Crippen LogP) is 3.31. The van der Waals surface area contributed by atoms with Gasteiger partial charge in [-0.15, -0.1) is 0 Å². The quantitative estimate of drug-likeness (QED) is 0.686. The molecule has 0 aliphatic carbocycles. The minimum Gasteiger partial charge on any atom is -0.198 e. The van der Waals surface area contributed by atoms with E-state index in [4.69, 9.17) is 5.26 Å². The Hall–Kier alpha value is -0.940. The summed E-state index contributed by atoms with van der Waals surface area (Å²) in [5.74, 6) is 0. The van der Waals surface area contributed by atoms with Crippen LogP contribution in [0.15, 0.2) is 28.7 Å². The molecule has 1 rings (SSSR count). The van der Waals surface area contributed by atoms with Crippen LogP contribution in [0.25, 0.3) is 0 Å². The molecule has 0 bridgehead atoms. The minimum atomic E-state index is -3.60. The van der Waals surface area contributed by atoms with Crippen molar-refractivity contribution >= 4 is 26.1 Å². The van der Waals surface area contributed by atoms with Crippen molar-refractivity contribution in [1.82, 2.24) is 8.61 Å². The molecule has 0 saturated heterocycles. The number of hydrogen-bond donors (Lipinski definition) is 0. The standard InChI is InChI=1S/C15H22BrN3O2S/c1-4-11-19(22(20,21)18(3)12-7-10-17)13(2)14-8-5-6-9-15(14)16/h5-6,8-9,13H,4,7,11-12H2,1-3H3. The predicted molar refractivity (Wildman–Crippen MR) is 91.3 cm³/mol. The molecule has 0 radical (unpaired) electrons. The van der Waals surface area contributed by atoms with Crippen LogP contribution in [0.1, 0.15) is 38.3 Å². The van der Waals surface area contributed by atoms with E-state index >= 15 is 0 Å². The molecule has 0 aliphatic rings. The number of halogens is 1. The molecule has 0 fully saturated rings. The van der Waals surface area contributed by atoms with Crippen molar-refractivity contribution < 1.29 is 8.42 Å². The molecule has 0 saturated carbocycles. The molecule has 0 aliphatic heterocycles. The zero-order valence-corrected chi connectivity index (χ0v) is 15.6. The summed E-state index contributed by atoms with van der Waals surface area (Å²) >= 11 is 3.48. The fourth-order valence-electron chi connectivity index (χ4n) is 2.20. The summed E-state index contributed by atoms with van der Waals surface area (Å²) in [5.41, 5.74) is 0.924.